The number of hydrogen-bond donors (Lipinski definition) is 0. The standard InChI is InChI=1S/C14H22O4/c1-9-5-6-10(2)14(8-18-12(4)16)13(9)7-17-11(3)15/h5-6,9-10,13-14H,7-8H2,1-4H3. The summed E-state index contributed by atoms with van der Waals surface area (Å²) in [6, 6.07) is 0. The highest BCUT2D eigenvalue weighted by Gasteiger charge is 2.33. The summed E-state index contributed by atoms with van der Waals surface area (Å²) < 4.78 is 10.2. The van der Waals surface area contributed by atoms with Crippen LogP contribution in [0.4, 0.5) is 0 Å². The van der Waals surface area contributed by atoms with Crippen LogP contribution in [0.2, 0.25) is 0 Å². The van der Waals surface area contributed by atoms with Crippen molar-refractivity contribution < 1.29 is 19.1 Å². The molecule has 0 aliphatic heterocycles. The summed E-state index contributed by atoms with van der Waals surface area (Å²) in [5.41, 5.74) is 0. The molecular formula is C14H22O4. The predicted octanol–water partition coefficient (Wildman–Crippen LogP) is 2.19. The first-order chi connectivity index (χ1) is 8.41. The van der Waals surface area contributed by atoms with Crippen molar-refractivity contribution in [2.75, 3.05) is 13.2 Å². The predicted molar refractivity (Wildman–Crippen MR) is 67.7 cm³/mol. The van der Waals surface area contributed by atoms with Gasteiger partial charge < -0.3 is 9.47 Å². The Hall–Kier alpha value is -1.32. The third kappa shape index (κ3) is 4.17. The lowest BCUT2D eigenvalue weighted by Gasteiger charge is -2.36. The van der Waals surface area contributed by atoms with E-state index in [0.717, 1.165) is 0 Å². The average Bonchev–Trinajstić information content (AvgIpc) is 2.28. The molecule has 1 aliphatic rings. The van der Waals surface area contributed by atoms with Crippen LogP contribution < -0.4 is 0 Å². The maximum Gasteiger partial charge on any atom is 0.302 e. The highest BCUT2D eigenvalue weighted by atomic mass is 16.5. The molecule has 4 unspecified atom stereocenters. The molecule has 1 aliphatic carbocycles. The highest BCUT2D eigenvalue weighted by molar-refractivity contribution is 5.66. The number of rotatable bonds is 4. The second-order valence-electron chi connectivity index (χ2n) is 5.04. The van der Waals surface area contributed by atoms with Crippen molar-refractivity contribution in [2.24, 2.45) is 23.7 Å². The lowest BCUT2D eigenvalue weighted by Crippen LogP contribution is -2.36. The van der Waals surface area contributed by atoms with Gasteiger partial charge in [-0.05, 0) is 11.8 Å². The molecule has 0 aromatic heterocycles. The summed E-state index contributed by atoms with van der Waals surface area (Å²) in [6.07, 6.45) is 4.28. The van der Waals surface area contributed by atoms with E-state index in [9.17, 15) is 9.59 Å². The molecule has 0 aromatic carbocycles. The summed E-state index contributed by atoms with van der Waals surface area (Å²) in [5.74, 6) is 0.509. The van der Waals surface area contributed by atoms with E-state index >= 15 is 0 Å². The summed E-state index contributed by atoms with van der Waals surface area (Å²) in [6.45, 7) is 7.78. The zero-order valence-corrected chi connectivity index (χ0v) is 11.5. The minimum atomic E-state index is -0.268. The molecule has 1 rings (SSSR count). The normalized spacial score (nSPS) is 30.9. The maximum atomic E-state index is 10.9. The molecule has 4 heteroatoms. The monoisotopic (exact) mass is 254 g/mol. The Morgan fingerprint density at radius 3 is 1.50 bits per heavy atom. The summed E-state index contributed by atoms with van der Waals surface area (Å²) >= 11 is 0. The Morgan fingerprint density at radius 2 is 1.22 bits per heavy atom. The smallest absolute Gasteiger partial charge is 0.302 e. The maximum absolute atomic E-state index is 10.9. The third-order valence-corrected chi connectivity index (χ3v) is 3.58. The van der Waals surface area contributed by atoms with Gasteiger partial charge >= 0.3 is 11.9 Å². The molecule has 4 atom stereocenters. The van der Waals surface area contributed by atoms with Crippen LogP contribution in [0.3, 0.4) is 0 Å². The quantitative estimate of drug-likeness (QED) is 0.570. The average molecular weight is 254 g/mol. The first-order valence-electron chi connectivity index (χ1n) is 6.37. The van der Waals surface area contributed by atoms with Crippen LogP contribution in [0.5, 0.6) is 0 Å². The van der Waals surface area contributed by atoms with Crippen molar-refractivity contribution in [3.63, 3.8) is 0 Å². The number of ether oxygens (including phenoxy) is 2. The lowest BCUT2D eigenvalue weighted by atomic mass is 9.72. The van der Waals surface area contributed by atoms with E-state index in [1.807, 2.05) is 0 Å². The van der Waals surface area contributed by atoms with Gasteiger partial charge in [0, 0.05) is 25.7 Å². The van der Waals surface area contributed by atoms with E-state index in [4.69, 9.17) is 9.47 Å². The minimum absolute atomic E-state index is 0.202. The number of esters is 2. The fourth-order valence-corrected chi connectivity index (χ4v) is 2.39. The van der Waals surface area contributed by atoms with Crippen molar-refractivity contribution in [1.82, 2.24) is 0 Å². The van der Waals surface area contributed by atoms with Gasteiger partial charge in [-0.25, -0.2) is 0 Å². The van der Waals surface area contributed by atoms with Crippen LogP contribution >= 0.6 is 0 Å². The highest BCUT2D eigenvalue weighted by Crippen LogP contribution is 2.34. The zero-order valence-electron chi connectivity index (χ0n) is 11.5. The summed E-state index contributed by atoms with van der Waals surface area (Å²) in [4.78, 5) is 21.8. The van der Waals surface area contributed by atoms with Gasteiger partial charge in [0.25, 0.3) is 0 Å². The number of carbonyl (C=O) groups is 2. The van der Waals surface area contributed by atoms with E-state index in [0.29, 0.717) is 25.0 Å². The number of hydrogen-bond acceptors (Lipinski definition) is 4. The zero-order chi connectivity index (χ0) is 13.7. The molecule has 0 fully saturated rings. The van der Waals surface area contributed by atoms with Crippen LogP contribution in [-0.4, -0.2) is 25.2 Å². The van der Waals surface area contributed by atoms with Crippen LogP contribution in [0, 0.1) is 23.7 Å². The lowest BCUT2D eigenvalue weighted by molar-refractivity contribution is -0.148. The molecule has 0 aromatic rings. The van der Waals surface area contributed by atoms with Gasteiger partial charge in [0.15, 0.2) is 0 Å². The van der Waals surface area contributed by atoms with Crippen LogP contribution in [0.25, 0.3) is 0 Å². The first-order valence-corrected chi connectivity index (χ1v) is 6.37. The Morgan fingerprint density at radius 1 is 0.889 bits per heavy atom. The Labute approximate surface area is 108 Å². The van der Waals surface area contributed by atoms with Crippen molar-refractivity contribution in [3.8, 4) is 0 Å². The molecule has 0 amide bonds. The molecule has 0 radical (unpaired) electrons. The third-order valence-electron chi connectivity index (χ3n) is 3.58. The second-order valence-corrected chi connectivity index (χ2v) is 5.04. The van der Waals surface area contributed by atoms with Crippen LogP contribution in [-0.2, 0) is 19.1 Å². The molecule has 4 nitrogen and oxygen atoms in total. The number of carbonyl (C=O) groups excluding carboxylic acids is 2. The molecular weight excluding hydrogens is 232 g/mol. The SMILES string of the molecule is CC(=O)OCC1C(C)C=CC(C)C1COC(C)=O. The Kier molecular flexibility index (Phi) is 5.38. The van der Waals surface area contributed by atoms with E-state index in [1.165, 1.54) is 13.8 Å². The van der Waals surface area contributed by atoms with E-state index in [-0.39, 0.29) is 23.8 Å². The molecule has 0 spiro atoms. The minimum Gasteiger partial charge on any atom is -0.466 e. The molecule has 18 heavy (non-hydrogen) atoms. The van der Waals surface area contributed by atoms with E-state index in [1.54, 1.807) is 0 Å². The number of allylic oxidation sites excluding steroid dienone is 2. The molecule has 102 valence electrons. The van der Waals surface area contributed by atoms with Crippen molar-refractivity contribution in [3.05, 3.63) is 12.2 Å². The van der Waals surface area contributed by atoms with Gasteiger partial charge in [0.2, 0.25) is 0 Å². The van der Waals surface area contributed by atoms with Gasteiger partial charge in [-0.2, -0.15) is 0 Å². The van der Waals surface area contributed by atoms with Crippen LogP contribution in [0.1, 0.15) is 27.7 Å². The van der Waals surface area contributed by atoms with E-state index in [2.05, 4.69) is 26.0 Å². The van der Waals surface area contributed by atoms with Gasteiger partial charge in [-0.3, -0.25) is 9.59 Å². The molecule has 0 saturated carbocycles. The Balaban J connectivity index is 2.68. The summed E-state index contributed by atoms with van der Waals surface area (Å²) in [7, 11) is 0. The van der Waals surface area contributed by atoms with Gasteiger partial charge in [0.1, 0.15) is 0 Å². The fraction of sp³-hybridized carbons (Fsp3) is 0.714. The molecule has 0 heterocycles. The van der Waals surface area contributed by atoms with Gasteiger partial charge in [-0.15, -0.1) is 0 Å². The summed E-state index contributed by atoms with van der Waals surface area (Å²) in [5, 5.41) is 0. The second kappa shape index (κ2) is 6.57. The van der Waals surface area contributed by atoms with Crippen molar-refractivity contribution >= 4 is 11.9 Å². The van der Waals surface area contributed by atoms with Crippen LogP contribution in [0.15, 0.2) is 12.2 Å². The first kappa shape index (κ1) is 14.7. The van der Waals surface area contributed by atoms with Gasteiger partial charge in [-0.1, -0.05) is 26.0 Å². The largest absolute Gasteiger partial charge is 0.466 e. The Bertz CT molecular complexity index is 303. The topological polar surface area (TPSA) is 52.6 Å². The van der Waals surface area contributed by atoms with Crippen molar-refractivity contribution in [2.45, 2.75) is 27.7 Å². The molecule has 0 N–H and O–H groups in total. The van der Waals surface area contributed by atoms with E-state index < -0.39 is 0 Å². The van der Waals surface area contributed by atoms with Gasteiger partial charge in [0.05, 0.1) is 13.2 Å². The fourth-order valence-electron chi connectivity index (χ4n) is 2.39. The molecule has 0 saturated heterocycles. The molecule has 0 bridgehead atoms. The van der Waals surface area contributed by atoms with Crippen molar-refractivity contribution in [1.29, 1.82) is 0 Å².